The summed E-state index contributed by atoms with van der Waals surface area (Å²) in [5.41, 5.74) is -1.16. The second-order valence-electron chi connectivity index (χ2n) is 12.0. The van der Waals surface area contributed by atoms with Crippen molar-refractivity contribution in [3.63, 3.8) is 0 Å². The van der Waals surface area contributed by atoms with Crippen LogP contribution < -0.4 is 15.5 Å². The van der Waals surface area contributed by atoms with E-state index in [1.165, 1.54) is 29.2 Å². The van der Waals surface area contributed by atoms with Crippen molar-refractivity contribution in [1.82, 2.24) is 20.2 Å². The van der Waals surface area contributed by atoms with Gasteiger partial charge in [0.15, 0.2) is 0 Å². The third kappa shape index (κ3) is 6.43. The Balaban J connectivity index is 1.37. The Morgan fingerprint density at radius 2 is 1.93 bits per heavy atom. The molecule has 1 saturated heterocycles. The molecule has 12 heteroatoms. The normalized spacial score (nSPS) is 16.2. The van der Waals surface area contributed by atoms with Gasteiger partial charge in [-0.1, -0.05) is 24.3 Å². The molecule has 1 aliphatic rings. The van der Waals surface area contributed by atoms with E-state index in [9.17, 15) is 29.1 Å². The lowest BCUT2D eigenvalue weighted by Crippen LogP contribution is -2.48. The van der Waals surface area contributed by atoms with Crippen molar-refractivity contribution in [1.29, 1.82) is 5.26 Å². The highest BCUT2D eigenvalue weighted by Crippen LogP contribution is 2.33. The Morgan fingerprint density at radius 3 is 2.64 bits per heavy atom. The Bertz CT molecular complexity index is 1840. The number of amides is 3. The highest BCUT2D eigenvalue weighted by molar-refractivity contribution is 6.08. The first-order valence-corrected chi connectivity index (χ1v) is 14.3. The van der Waals surface area contributed by atoms with Crippen LogP contribution in [0, 0.1) is 17.1 Å². The number of phenols is 1. The Hall–Kier alpha value is -5.44. The van der Waals surface area contributed by atoms with E-state index < -0.39 is 35.0 Å². The second-order valence-corrected chi connectivity index (χ2v) is 12.0. The Morgan fingerprint density at radius 1 is 1.16 bits per heavy atom. The van der Waals surface area contributed by atoms with Crippen molar-refractivity contribution < 1.29 is 28.6 Å². The van der Waals surface area contributed by atoms with E-state index >= 15 is 0 Å². The molecule has 5 rings (SSSR count). The van der Waals surface area contributed by atoms with Gasteiger partial charge < -0.3 is 29.9 Å². The number of carbonyl (C=O) groups excluding carboxylic acids is 3. The highest BCUT2D eigenvalue weighted by Gasteiger charge is 2.38. The van der Waals surface area contributed by atoms with Gasteiger partial charge in [0, 0.05) is 11.9 Å². The van der Waals surface area contributed by atoms with Crippen LogP contribution in [-0.2, 0) is 26.4 Å². The average Bonchev–Trinajstić information content (AvgIpc) is 3.58. The van der Waals surface area contributed by atoms with E-state index in [1.54, 1.807) is 62.9 Å². The minimum atomic E-state index is -1.44. The Kier molecular flexibility index (Phi) is 8.21. The van der Waals surface area contributed by atoms with E-state index in [-0.39, 0.29) is 29.3 Å². The zero-order valence-corrected chi connectivity index (χ0v) is 25.3. The Labute approximate surface area is 259 Å². The number of anilines is 1. The number of halogens is 1. The molecule has 0 bridgehead atoms. The first-order valence-electron chi connectivity index (χ1n) is 14.3. The fourth-order valence-electron chi connectivity index (χ4n) is 5.50. The molecule has 1 unspecified atom stereocenters. The van der Waals surface area contributed by atoms with Crippen molar-refractivity contribution in [3.8, 4) is 11.8 Å². The van der Waals surface area contributed by atoms with Crippen LogP contribution in [0.4, 0.5) is 14.9 Å². The third-order valence-electron chi connectivity index (χ3n) is 7.63. The smallest absolute Gasteiger partial charge is 0.408 e. The first kappa shape index (κ1) is 31.0. The van der Waals surface area contributed by atoms with E-state index in [0.717, 1.165) is 16.8 Å². The minimum absolute atomic E-state index is 0.0829. The summed E-state index contributed by atoms with van der Waals surface area (Å²) >= 11 is 0. The monoisotopic (exact) mass is 612 g/mol. The van der Waals surface area contributed by atoms with Crippen LogP contribution in [0.3, 0.4) is 0 Å². The van der Waals surface area contributed by atoms with Crippen LogP contribution in [0.25, 0.3) is 10.8 Å². The third-order valence-corrected chi connectivity index (χ3v) is 7.63. The number of hydrogen-bond acceptors (Lipinski definition) is 7. The van der Waals surface area contributed by atoms with Crippen molar-refractivity contribution in [3.05, 3.63) is 89.8 Å². The van der Waals surface area contributed by atoms with Gasteiger partial charge >= 0.3 is 6.09 Å². The maximum Gasteiger partial charge on any atom is 0.408 e. The summed E-state index contributed by atoms with van der Waals surface area (Å²) in [4.78, 5) is 45.5. The van der Waals surface area contributed by atoms with Gasteiger partial charge in [0.1, 0.15) is 41.4 Å². The predicted molar refractivity (Wildman–Crippen MR) is 164 cm³/mol. The van der Waals surface area contributed by atoms with E-state index in [2.05, 4.69) is 15.6 Å². The quantitative estimate of drug-likeness (QED) is 0.279. The second kappa shape index (κ2) is 11.9. The van der Waals surface area contributed by atoms with Gasteiger partial charge in [-0.05, 0) is 75.4 Å². The SMILES string of the molecule is CC(C)(C)OC(=O)NC(C)(c1ccc(C#N)c(F)c1)c1cncn1CC(=O)N[C@H]1CCN(c2cccc3ccc(O)cc23)C1=O. The topological polar surface area (TPSA) is 150 Å². The number of nitriles is 1. The number of aromatic nitrogens is 2. The molecular weight excluding hydrogens is 579 g/mol. The van der Waals surface area contributed by atoms with Crippen molar-refractivity contribution in [2.24, 2.45) is 0 Å². The van der Waals surface area contributed by atoms with Crippen LogP contribution >= 0.6 is 0 Å². The summed E-state index contributed by atoms with van der Waals surface area (Å²) < 4.78 is 21.7. The van der Waals surface area contributed by atoms with Gasteiger partial charge in [-0.3, -0.25) is 9.59 Å². The molecule has 45 heavy (non-hydrogen) atoms. The summed E-state index contributed by atoms with van der Waals surface area (Å²) in [6, 6.07) is 15.4. The van der Waals surface area contributed by atoms with Gasteiger partial charge in [-0.25, -0.2) is 14.2 Å². The van der Waals surface area contributed by atoms with Crippen molar-refractivity contribution in [2.45, 2.75) is 57.8 Å². The van der Waals surface area contributed by atoms with Crippen molar-refractivity contribution >= 4 is 34.4 Å². The maximum absolute atomic E-state index is 14.8. The molecular formula is C33H33FN6O5. The largest absolute Gasteiger partial charge is 0.508 e. The summed E-state index contributed by atoms with van der Waals surface area (Å²) in [5.74, 6) is -1.45. The number of nitrogens with zero attached hydrogens (tertiary/aromatic N) is 4. The number of rotatable bonds is 7. The molecule has 2 heterocycles. The standard InChI is InChI=1S/C33H33FN6O5/c1-32(2,3)45-31(44)38-33(4,22-10-8-21(16-35)25(34)14-22)28-17-36-19-39(28)18-29(42)37-26-12-13-40(30(26)43)27-7-5-6-20-9-11-23(41)15-24(20)27/h5-11,14-15,17,19,26,41H,12-13,18H2,1-4H3,(H,37,42)(H,38,44)/t26-,33?/m0/s1. The molecule has 0 aliphatic carbocycles. The van der Waals surface area contributed by atoms with Gasteiger partial charge in [0.05, 0.1) is 29.5 Å². The summed E-state index contributed by atoms with van der Waals surface area (Å²) in [7, 11) is 0. The molecule has 0 saturated carbocycles. The number of fused-ring (bicyclic) bond motifs is 1. The number of carbonyl (C=O) groups is 3. The molecule has 232 valence electrons. The van der Waals surface area contributed by atoms with Crippen LogP contribution in [0.5, 0.6) is 5.75 Å². The summed E-state index contributed by atoms with van der Waals surface area (Å²) in [5, 5.41) is 26.4. The van der Waals surface area contributed by atoms with Crippen molar-refractivity contribution in [2.75, 3.05) is 11.4 Å². The highest BCUT2D eigenvalue weighted by atomic mass is 19.1. The van der Waals surface area contributed by atoms with E-state index in [0.29, 0.717) is 24.3 Å². The van der Waals surface area contributed by atoms with Gasteiger partial charge in [-0.15, -0.1) is 0 Å². The lowest BCUT2D eigenvalue weighted by molar-refractivity contribution is -0.126. The molecule has 3 aromatic carbocycles. The molecule has 3 N–H and O–H groups in total. The van der Waals surface area contributed by atoms with Gasteiger partial charge in [0.25, 0.3) is 0 Å². The van der Waals surface area contributed by atoms with E-state index in [4.69, 9.17) is 4.74 Å². The van der Waals surface area contributed by atoms with E-state index in [1.807, 2.05) is 12.1 Å². The molecule has 1 aliphatic heterocycles. The number of hydrogen-bond donors (Lipinski definition) is 3. The number of imidazole rings is 1. The van der Waals surface area contributed by atoms with Gasteiger partial charge in [-0.2, -0.15) is 5.26 Å². The molecule has 0 spiro atoms. The number of alkyl carbamates (subject to hydrolysis) is 1. The lowest BCUT2D eigenvalue weighted by atomic mass is 9.88. The number of benzene rings is 3. The van der Waals surface area contributed by atoms with Crippen LogP contribution in [0.2, 0.25) is 0 Å². The van der Waals surface area contributed by atoms with Gasteiger partial charge in [0.2, 0.25) is 11.8 Å². The molecule has 11 nitrogen and oxygen atoms in total. The number of aromatic hydroxyl groups is 1. The molecule has 1 fully saturated rings. The number of nitrogens with one attached hydrogen (secondary N) is 2. The first-order chi connectivity index (χ1) is 21.3. The van der Waals surface area contributed by atoms with Crippen LogP contribution in [0.1, 0.15) is 50.9 Å². The predicted octanol–water partition coefficient (Wildman–Crippen LogP) is 4.46. The molecule has 0 radical (unpaired) electrons. The maximum atomic E-state index is 14.8. The van der Waals surface area contributed by atoms with Crippen LogP contribution in [0.15, 0.2) is 67.1 Å². The van der Waals surface area contributed by atoms with Crippen LogP contribution in [-0.4, -0.2) is 50.8 Å². The fourth-order valence-corrected chi connectivity index (χ4v) is 5.50. The summed E-state index contributed by atoms with van der Waals surface area (Å²) in [6.07, 6.45) is 2.43. The number of ether oxygens (including phenoxy) is 1. The molecule has 2 atom stereocenters. The molecule has 3 amide bonds. The average molecular weight is 613 g/mol. The molecule has 4 aromatic rings. The zero-order valence-electron chi connectivity index (χ0n) is 25.3. The molecule has 1 aromatic heterocycles. The lowest BCUT2D eigenvalue weighted by Gasteiger charge is -2.33. The number of phenolic OH excluding ortho intramolecular Hbond substituents is 1. The zero-order chi connectivity index (χ0) is 32.5. The summed E-state index contributed by atoms with van der Waals surface area (Å²) in [6.45, 7) is 6.84. The fraction of sp³-hybridized carbons (Fsp3) is 0.303. The minimum Gasteiger partial charge on any atom is -0.508 e.